The lowest BCUT2D eigenvalue weighted by Crippen LogP contribution is -2.60. The number of hydrogen-bond donors (Lipinski definition) is 0. The van der Waals surface area contributed by atoms with E-state index in [0.717, 1.165) is 5.57 Å². The molecule has 0 aromatic heterocycles. The number of carbonyl (C=O) groups is 2. The van der Waals surface area contributed by atoms with Gasteiger partial charge in [0.2, 0.25) is 5.91 Å². The van der Waals surface area contributed by atoms with Crippen molar-refractivity contribution in [3.63, 3.8) is 0 Å². The zero-order valence-corrected chi connectivity index (χ0v) is 12.0. The van der Waals surface area contributed by atoms with Gasteiger partial charge >= 0.3 is 5.97 Å². The van der Waals surface area contributed by atoms with Crippen molar-refractivity contribution < 1.29 is 14.3 Å². The quantitative estimate of drug-likeness (QED) is 0.345. The number of esters is 1. The van der Waals surface area contributed by atoms with Crippen molar-refractivity contribution in [3.05, 3.63) is 11.3 Å². The third-order valence-corrected chi connectivity index (χ3v) is 4.52. The number of β-lactam (4-membered cyclic amide) rings is 1. The molecular formula is C10H14BrNO3S. The van der Waals surface area contributed by atoms with Gasteiger partial charge in [-0.05, 0) is 25.7 Å². The van der Waals surface area contributed by atoms with Crippen molar-refractivity contribution >= 4 is 39.6 Å². The Hall–Kier alpha value is -0.490. The van der Waals surface area contributed by atoms with E-state index in [-0.39, 0.29) is 16.1 Å². The number of allylic oxidation sites excluding steroid dienone is 1. The molecule has 0 bridgehead atoms. The van der Waals surface area contributed by atoms with E-state index in [0.29, 0.717) is 5.70 Å². The van der Waals surface area contributed by atoms with Crippen molar-refractivity contribution in [2.24, 2.45) is 0 Å². The fourth-order valence-electron chi connectivity index (χ4n) is 1.53. The molecule has 0 N–H and O–H groups in total. The van der Waals surface area contributed by atoms with Crippen LogP contribution in [0.3, 0.4) is 0 Å². The second-order valence-corrected chi connectivity index (χ2v) is 5.52. The van der Waals surface area contributed by atoms with Gasteiger partial charge in [-0.15, -0.1) is 11.8 Å². The minimum Gasteiger partial charge on any atom is -0.464 e. The van der Waals surface area contributed by atoms with Crippen LogP contribution in [0.1, 0.15) is 13.8 Å². The summed E-state index contributed by atoms with van der Waals surface area (Å²) in [6.07, 6.45) is 1.90. The summed E-state index contributed by atoms with van der Waals surface area (Å²) in [5, 5.41) is -0.0449. The standard InChI is InChI=1S/C10H14BrNO3S/c1-5(2)7(10(14)15-3)12-8(13)6(11)9(12)16-4/h6,9H,1-4H3/t6?,9-/m1/s1. The number of halogens is 1. The Kier molecular flexibility index (Phi) is 4.43. The molecule has 1 aliphatic rings. The highest BCUT2D eigenvalue weighted by molar-refractivity contribution is 9.10. The van der Waals surface area contributed by atoms with Crippen molar-refractivity contribution in [1.29, 1.82) is 0 Å². The molecule has 6 heteroatoms. The Morgan fingerprint density at radius 1 is 1.50 bits per heavy atom. The molecular weight excluding hydrogens is 294 g/mol. The Labute approximate surface area is 108 Å². The molecule has 0 aromatic carbocycles. The van der Waals surface area contributed by atoms with E-state index >= 15 is 0 Å². The summed E-state index contributed by atoms with van der Waals surface area (Å²) in [6, 6.07) is 0. The zero-order valence-electron chi connectivity index (χ0n) is 9.61. The lowest BCUT2D eigenvalue weighted by molar-refractivity contribution is -0.146. The molecule has 16 heavy (non-hydrogen) atoms. The Morgan fingerprint density at radius 3 is 2.44 bits per heavy atom. The van der Waals surface area contributed by atoms with Crippen LogP contribution in [-0.4, -0.2) is 40.3 Å². The summed E-state index contributed by atoms with van der Waals surface area (Å²) in [4.78, 5) is 24.6. The second kappa shape index (κ2) is 5.23. The molecule has 0 saturated carbocycles. The number of nitrogens with zero attached hydrogens (tertiary/aromatic N) is 1. The molecule has 0 radical (unpaired) electrons. The summed E-state index contributed by atoms with van der Waals surface area (Å²) in [6.45, 7) is 3.58. The predicted molar refractivity (Wildman–Crippen MR) is 67.3 cm³/mol. The molecule has 1 aliphatic heterocycles. The minimum absolute atomic E-state index is 0.0449. The van der Waals surface area contributed by atoms with Gasteiger partial charge in [-0.25, -0.2) is 4.79 Å². The fraction of sp³-hybridized carbons (Fsp3) is 0.600. The van der Waals surface area contributed by atoms with Crippen LogP contribution in [-0.2, 0) is 14.3 Å². The lowest BCUT2D eigenvalue weighted by Gasteiger charge is -2.44. The van der Waals surface area contributed by atoms with Crippen LogP contribution in [0.15, 0.2) is 11.3 Å². The summed E-state index contributed by atoms with van der Waals surface area (Å²) >= 11 is 4.82. The van der Waals surface area contributed by atoms with Crippen LogP contribution in [0, 0.1) is 0 Å². The van der Waals surface area contributed by atoms with E-state index in [2.05, 4.69) is 15.9 Å². The first-order valence-corrected chi connectivity index (χ1v) is 6.91. The van der Waals surface area contributed by atoms with Gasteiger partial charge in [0.05, 0.1) is 7.11 Å². The smallest absolute Gasteiger partial charge is 0.354 e. The summed E-state index contributed by atoms with van der Waals surface area (Å²) in [7, 11) is 1.31. The van der Waals surface area contributed by atoms with Crippen LogP contribution < -0.4 is 0 Å². The number of methoxy groups -OCH3 is 1. The largest absolute Gasteiger partial charge is 0.464 e. The number of rotatable bonds is 3. The molecule has 1 fully saturated rings. The predicted octanol–water partition coefficient (Wildman–Crippen LogP) is 1.75. The first-order valence-electron chi connectivity index (χ1n) is 4.71. The van der Waals surface area contributed by atoms with Gasteiger partial charge in [0, 0.05) is 0 Å². The molecule has 1 saturated heterocycles. The Morgan fingerprint density at radius 2 is 2.06 bits per heavy atom. The van der Waals surface area contributed by atoms with Crippen molar-refractivity contribution in [3.8, 4) is 0 Å². The van der Waals surface area contributed by atoms with E-state index in [1.165, 1.54) is 23.8 Å². The van der Waals surface area contributed by atoms with Gasteiger partial charge < -0.3 is 4.74 Å². The van der Waals surface area contributed by atoms with Crippen molar-refractivity contribution in [2.45, 2.75) is 24.0 Å². The maximum atomic E-state index is 11.7. The zero-order chi connectivity index (χ0) is 12.5. The monoisotopic (exact) mass is 307 g/mol. The van der Waals surface area contributed by atoms with E-state index in [1.807, 2.05) is 6.26 Å². The number of hydrogen-bond acceptors (Lipinski definition) is 4. The highest BCUT2D eigenvalue weighted by atomic mass is 79.9. The van der Waals surface area contributed by atoms with E-state index in [9.17, 15) is 9.59 Å². The first-order chi connectivity index (χ1) is 7.45. The topological polar surface area (TPSA) is 46.6 Å². The molecule has 0 spiro atoms. The van der Waals surface area contributed by atoms with Gasteiger partial charge in [0.25, 0.3) is 0 Å². The second-order valence-electron chi connectivity index (χ2n) is 3.58. The van der Waals surface area contributed by atoms with Crippen LogP contribution in [0.4, 0.5) is 0 Å². The average Bonchev–Trinajstić information content (AvgIpc) is 2.26. The fourth-order valence-corrected chi connectivity index (χ4v) is 3.41. The highest BCUT2D eigenvalue weighted by Crippen LogP contribution is 2.37. The van der Waals surface area contributed by atoms with E-state index < -0.39 is 5.97 Å². The Balaban J connectivity index is 3.03. The van der Waals surface area contributed by atoms with Gasteiger partial charge in [-0.3, -0.25) is 9.69 Å². The Bertz CT molecular complexity index is 352. The molecule has 0 aromatic rings. The average molecular weight is 308 g/mol. The van der Waals surface area contributed by atoms with E-state index in [4.69, 9.17) is 4.74 Å². The molecule has 0 aliphatic carbocycles. The van der Waals surface area contributed by atoms with Crippen molar-refractivity contribution in [2.75, 3.05) is 13.4 Å². The van der Waals surface area contributed by atoms with Crippen molar-refractivity contribution in [1.82, 2.24) is 4.90 Å². The first kappa shape index (κ1) is 13.6. The SMILES string of the molecule is COC(=O)C(=C(C)C)N1C(=O)C(Br)[C@H]1SC. The molecule has 1 rings (SSSR count). The van der Waals surface area contributed by atoms with Crippen LogP contribution in [0.5, 0.6) is 0 Å². The maximum Gasteiger partial charge on any atom is 0.354 e. The maximum absolute atomic E-state index is 11.7. The molecule has 4 nitrogen and oxygen atoms in total. The number of alkyl halides is 1. The summed E-state index contributed by atoms with van der Waals surface area (Å²) in [5.41, 5.74) is 1.13. The third-order valence-electron chi connectivity index (χ3n) is 2.31. The number of carbonyl (C=O) groups excluding carboxylic acids is 2. The molecule has 1 amide bonds. The number of thioether (sulfide) groups is 1. The number of likely N-dealkylation sites (tertiary alicyclic amines) is 1. The van der Waals surface area contributed by atoms with Crippen LogP contribution >= 0.6 is 27.7 Å². The normalized spacial score (nSPS) is 23.8. The van der Waals surface area contributed by atoms with E-state index in [1.54, 1.807) is 13.8 Å². The number of ether oxygens (including phenoxy) is 1. The van der Waals surface area contributed by atoms with Gasteiger partial charge in [-0.1, -0.05) is 15.9 Å². The highest BCUT2D eigenvalue weighted by Gasteiger charge is 2.49. The third kappa shape index (κ3) is 2.13. The summed E-state index contributed by atoms with van der Waals surface area (Å²) in [5.74, 6) is -0.562. The van der Waals surface area contributed by atoms with Crippen LogP contribution in [0.2, 0.25) is 0 Å². The lowest BCUT2D eigenvalue weighted by atomic mass is 10.1. The van der Waals surface area contributed by atoms with Gasteiger partial charge in [0.1, 0.15) is 15.9 Å². The number of amides is 1. The van der Waals surface area contributed by atoms with Crippen LogP contribution in [0.25, 0.3) is 0 Å². The molecule has 2 atom stereocenters. The molecule has 1 heterocycles. The van der Waals surface area contributed by atoms with Gasteiger partial charge in [0.15, 0.2) is 0 Å². The molecule has 90 valence electrons. The molecule has 1 unspecified atom stereocenters. The minimum atomic E-state index is -0.466. The van der Waals surface area contributed by atoms with Gasteiger partial charge in [-0.2, -0.15) is 0 Å². The summed E-state index contributed by atoms with van der Waals surface area (Å²) < 4.78 is 4.69.